The predicted octanol–water partition coefficient (Wildman–Crippen LogP) is 2.25. The van der Waals surface area contributed by atoms with Crippen LogP contribution in [0.15, 0.2) is 12.3 Å². The Hall–Kier alpha value is -0.940. The molecule has 0 spiro atoms. The van der Waals surface area contributed by atoms with E-state index in [2.05, 4.69) is 10.3 Å². The van der Waals surface area contributed by atoms with Gasteiger partial charge in [-0.15, -0.1) is 0 Å². The lowest BCUT2D eigenvalue weighted by atomic mass is 10.2. The summed E-state index contributed by atoms with van der Waals surface area (Å²) in [4.78, 5) is 15.6. The maximum absolute atomic E-state index is 11.7. The average Bonchev–Trinajstić information content (AvgIpc) is 2.24. The van der Waals surface area contributed by atoms with E-state index in [9.17, 15) is 4.79 Å². The molecule has 0 radical (unpaired) electrons. The van der Waals surface area contributed by atoms with Gasteiger partial charge in [0.05, 0.1) is 16.9 Å². The van der Waals surface area contributed by atoms with Gasteiger partial charge in [-0.1, -0.05) is 18.5 Å². The van der Waals surface area contributed by atoms with Crippen LogP contribution in [0.1, 0.15) is 6.92 Å². The Morgan fingerprint density at radius 1 is 1.75 bits per heavy atom. The Kier molecular flexibility index (Phi) is 4.89. The zero-order chi connectivity index (χ0) is 12.1. The monoisotopic (exact) mass is 259 g/mol. The Morgan fingerprint density at radius 2 is 2.44 bits per heavy atom. The molecule has 1 aromatic heterocycles. The molecule has 0 bridgehead atoms. The Balaban J connectivity index is 2.66. The molecule has 0 fully saturated rings. The van der Waals surface area contributed by atoms with Crippen LogP contribution in [-0.2, 0) is 4.79 Å². The van der Waals surface area contributed by atoms with Crippen molar-refractivity contribution in [2.45, 2.75) is 6.92 Å². The van der Waals surface area contributed by atoms with Gasteiger partial charge in [-0.3, -0.25) is 4.79 Å². The van der Waals surface area contributed by atoms with Crippen LogP contribution in [-0.4, -0.2) is 22.9 Å². The van der Waals surface area contributed by atoms with E-state index in [1.165, 1.54) is 6.20 Å². The first kappa shape index (κ1) is 13.1. The molecule has 1 atom stereocenters. The van der Waals surface area contributed by atoms with E-state index in [-0.39, 0.29) is 11.8 Å². The summed E-state index contributed by atoms with van der Waals surface area (Å²) >= 11 is 7.44. The average molecular weight is 260 g/mol. The van der Waals surface area contributed by atoms with Crippen molar-refractivity contribution < 1.29 is 4.79 Å². The summed E-state index contributed by atoms with van der Waals surface area (Å²) in [6.45, 7) is 1.87. The third-order valence-electron chi connectivity index (χ3n) is 2.00. The van der Waals surface area contributed by atoms with Crippen LogP contribution in [0.5, 0.6) is 0 Å². The summed E-state index contributed by atoms with van der Waals surface area (Å²) < 4.78 is 0. The number of hydrogen-bond acceptors (Lipinski definition) is 4. The lowest BCUT2D eigenvalue weighted by Crippen LogP contribution is -2.22. The van der Waals surface area contributed by atoms with Gasteiger partial charge in [-0.2, -0.15) is 11.8 Å². The Labute approximate surface area is 104 Å². The van der Waals surface area contributed by atoms with E-state index in [1.807, 2.05) is 13.2 Å². The summed E-state index contributed by atoms with van der Waals surface area (Å²) in [5, 5.41) is 3.08. The molecule has 3 N–H and O–H groups in total. The quantitative estimate of drug-likeness (QED) is 0.870. The molecule has 1 amide bonds. The van der Waals surface area contributed by atoms with Gasteiger partial charge in [0.15, 0.2) is 0 Å². The minimum atomic E-state index is -0.0670. The highest BCUT2D eigenvalue weighted by Crippen LogP contribution is 2.20. The Morgan fingerprint density at radius 3 is 3.00 bits per heavy atom. The number of aromatic nitrogens is 1. The van der Waals surface area contributed by atoms with E-state index < -0.39 is 0 Å². The molecule has 0 aliphatic carbocycles. The minimum Gasteiger partial charge on any atom is -0.396 e. The second-order valence-electron chi connectivity index (χ2n) is 3.44. The lowest BCUT2D eigenvalue weighted by Gasteiger charge is -2.10. The highest BCUT2D eigenvalue weighted by atomic mass is 35.5. The van der Waals surface area contributed by atoms with Crippen LogP contribution in [0.4, 0.5) is 11.5 Å². The van der Waals surface area contributed by atoms with Crippen molar-refractivity contribution in [1.29, 1.82) is 0 Å². The van der Waals surface area contributed by atoms with Gasteiger partial charge < -0.3 is 11.1 Å². The molecular formula is C10H14ClN3OS. The van der Waals surface area contributed by atoms with E-state index in [1.54, 1.807) is 17.8 Å². The molecule has 0 aliphatic rings. The maximum atomic E-state index is 11.7. The predicted molar refractivity (Wildman–Crippen MR) is 69.8 cm³/mol. The van der Waals surface area contributed by atoms with Gasteiger partial charge >= 0.3 is 0 Å². The molecule has 1 heterocycles. The van der Waals surface area contributed by atoms with Gasteiger partial charge in [-0.05, 0) is 6.26 Å². The minimum absolute atomic E-state index is 0.0619. The van der Waals surface area contributed by atoms with Crippen molar-refractivity contribution in [1.82, 2.24) is 4.98 Å². The van der Waals surface area contributed by atoms with E-state index in [4.69, 9.17) is 17.3 Å². The van der Waals surface area contributed by atoms with Crippen molar-refractivity contribution in [3.05, 3.63) is 17.3 Å². The van der Waals surface area contributed by atoms with Gasteiger partial charge in [0.25, 0.3) is 0 Å². The number of nitrogens with one attached hydrogen (secondary N) is 1. The number of amides is 1. The number of carbonyl (C=O) groups excluding carboxylic acids is 1. The fourth-order valence-electron chi connectivity index (χ4n) is 1.08. The summed E-state index contributed by atoms with van der Waals surface area (Å²) in [5.74, 6) is 1.07. The van der Waals surface area contributed by atoms with Gasteiger partial charge in [0.2, 0.25) is 5.91 Å². The van der Waals surface area contributed by atoms with E-state index in [0.717, 1.165) is 5.75 Å². The summed E-state index contributed by atoms with van der Waals surface area (Å²) in [6, 6.07) is 1.54. The fraction of sp³-hybridized carbons (Fsp3) is 0.400. The molecule has 6 heteroatoms. The first-order valence-electron chi connectivity index (χ1n) is 4.75. The molecule has 0 aliphatic heterocycles. The number of anilines is 2. The molecular weight excluding hydrogens is 246 g/mol. The summed E-state index contributed by atoms with van der Waals surface area (Å²) in [5.41, 5.74) is 5.92. The largest absolute Gasteiger partial charge is 0.396 e. The number of hydrogen-bond donors (Lipinski definition) is 2. The fourth-order valence-corrected chi connectivity index (χ4v) is 1.89. The number of nitrogens with zero attached hydrogens (tertiary/aromatic N) is 1. The van der Waals surface area contributed by atoms with Crippen molar-refractivity contribution in [3.63, 3.8) is 0 Å². The SMILES string of the molecule is CSCC(C)C(=O)Nc1cc(Cl)c(N)cn1. The van der Waals surface area contributed by atoms with Crippen LogP contribution >= 0.6 is 23.4 Å². The molecule has 1 aromatic rings. The number of nitrogens with two attached hydrogens (primary N) is 1. The van der Waals surface area contributed by atoms with Gasteiger partial charge in [0, 0.05) is 17.7 Å². The zero-order valence-electron chi connectivity index (χ0n) is 9.16. The zero-order valence-corrected chi connectivity index (χ0v) is 10.7. The van der Waals surface area contributed by atoms with Gasteiger partial charge in [-0.25, -0.2) is 4.98 Å². The van der Waals surface area contributed by atoms with Crippen molar-refractivity contribution in [2.24, 2.45) is 5.92 Å². The van der Waals surface area contributed by atoms with Crippen LogP contribution in [0, 0.1) is 5.92 Å². The smallest absolute Gasteiger partial charge is 0.229 e. The molecule has 1 rings (SSSR count). The molecule has 4 nitrogen and oxygen atoms in total. The van der Waals surface area contributed by atoms with Crippen molar-refractivity contribution in [3.8, 4) is 0 Å². The summed E-state index contributed by atoms with van der Waals surface area (Å²) in [7, 11) is 0. The number of rotatable bonds is 4. The summed E-state index contributed by atoms with van der Waals surface area (Å²) in [6.07, 6.45) is 3.39. The van der Waals surface area contributed by atoms with Crippen LogP contribution in [0.2, 0.25) is 5.02 Å². The number of halogens is 1. The first-order chi connectivity index (χ1) is 7.54. The van der Waals surface area contributed by atoms with Crippen molar-refractivity contribution >= 4 is 40.8 Å². The Bertz CT molecular complexity index is 386. The highest BCUT2D eigenvalue weighted by molar-refractivity contribution is 7.98. The molecule has 0 aromatic carbocycles. The lowest BCUT2D eigenvalue weighted by molar-refractivity contribution is -0.118. The number of pyridine rings is 1. The van der Waals surface area contributed by atoms with Crippen LogP contribution in [0.25, 0.3) is 0 Å². The van der Waals surface area contributed by atoms with E-state index >= 15 is 0 Å². The molecule has 88 valence electrons. The maximum Gasteiger partial charge on any atom is 0.229 e. The third kappa shape index (κ3) is 3.57. The number of carbonyl (C=O) groups is 1. The third-order valence-corrected chi connectivity index (χ3v) is 3.16. The van der Waals surface area contributed by atoms with Crippen molar-refractivity contribution in [2.75, 3.05) is 23.1 Å². The molecule has 1 unspecified atom stereocenters. The van der Waals surface area contributed by atoms with Crippen LogP contribution < -0.4 is 11.1 Å². The van der Waals surface area contributed by atoms with Crippen LogP contribution in [0.3, 0.4) is 0 Å². The normalized spacial score (nSPS) is 12.2. The first-order valence-corrected chi connectivity index (χ1v) is 6.52. The molecule has 16 heavy (non-hydrogen) atoms. The number of thioether (sulfide) groups is 1. The second kappa shape index (κ2) is 5.96. The highest BCUT2D eigenvalue weighted by Gasteiger charge is 2.13. The standard InChI is InChI=1S/C10H14ClN3OS/c1-6(5-16-2)10(15)14-9-3-7(11)8(12)4-13-9/h3-4,6H,5,12H2,1-2H3,(H,13,14,15). The topological polar surface area (TPSA) is 68.0 Å². The molecule has 0 saturated heterocycles. The molecule has 0 saturated carbocycles. The van der Waals surface area contributed by atoms with E-state index in [0.29, 0.717) is 16.5 Å². The number of nitrogen functional groups attached to an aromatic ring is 1. The second-order valence-corrected chi connectivity index (χ2v) is 4.75. The van der Waals surface area contributed by atoms with Gasteiger partial charge in [0.1, 0.15) is 5.82 Å².